The number of hydrogen-bond acceptors (Lipinski definition) is 7. The van der Waals surface area contributed by atoms with Gasteiger partial charge in [0, 0.05) is 34.2 Å². The van der Waals surface area contributed by atoms with Crippen LogP contribution >= 0.6 is 11.8 Å². The Kier molecular flexibility index (Phi) is 4.70. The molecule has 1 aromatic carbocycles. The van der Waals surface area contributed by atoms with Crippen LogP contribution in [0.3, 0.4) is 0 Å². The Balaban J connectivity index is 2.09. The van der Waals surface area contributed by atoms with Gasteiger partial charge < -0.3 is 20.8 Å². The standard InChI is InChI=1S/C17H24N4O2S/c1-17(2,3)24-11-4-5-12-13(8-11)19-14(16(22)23)20-15(12)21-7-6-10(18)9-21/h4-5,8,10,16,22-23H,6-7,9,18H2,1-3H3/t10-/m1/s1. The molecule has 0 spiro atoms. The summed E-state index contributed by atoms with van der Waals surface area (Å²) in [7, 11) is 0. The largest absolute Gasteiger partial charge is 0.362 e. The van der Waals surface area contributed by atoms with E-state index in [0.717, 1.165) is 34.6 Å². The monoisotopic (exact) mass is 348 g/mol. The van der Waals surface area contributed by atoms with Crippen LogP contribution in [-0.4, -0.2) is 44.1 Å². The first-order valence-electron chi connectivity index (χ1n) is 8.10. The maximum Gasteiger partial charge on any atom is 0.214 e. The molecule has 0 aliphatic carbocycles. The van der Waals surface area contributed by atoms with Crippen molar-refractivity contribution in [2.24, 2.45) is 5.73 Å². The van der Waals surface area contributed by atoms with Crippen LogP contribution in [0.4, 0.5) is 5.82 Å². The van der Waals surface area contributed by atoms with Crippen molar-refractivity contribution in [2.45, 2.75) is 49.2 Å². The van der Waals surface area contributed by atoms with Crippen LogP contribution in [-0.2, 0) is 0 Å². The third-order valence-electron chi connectivity index (χ3n) is 3.84. The summed E-state index contributed by atoms with van der Waals surface area (Å²) in [5.41, 5.74) is 6.73. The molecule has 1 atom stereocenters. The molecule has 0 radical (unpaired) electrons. The van der Waals surface area contributed by atoms with E-state index in [1.54, 1.807) is 11.8 Å². The van der Waals surface area contributed by atoms with Gasteiger partial charge in [0.05, 0.1) is 5.52 Å². The normalized spacial score (nSPS) is 18.8. The molecule has 130 valence electrons. The number of fused-ring (bicyclic) bond motifs is 1. The molecule has 2 heterocycles. The maximum atomic E-state index is 9.54. The van der Waals surface area contributed by atoms with E-state index >= 15 is 0 Å². The van der Waals surface area contributed by atoms with Crippen molar-refractivity contribution in [2.75, 3.05) is 18.0 Å². The first-order chi connectivity index (χ1) is 11.2. The molecule has 0 saturated carbocycles. The highest BCUT2D eigenvalue weighted by Crippen LogP contribution is 2.35. The maximum absolute atomic E-state index is 9.54. The Labute approximate surface area is 146 Å². The zero-order valence-electron chi connectivity index (χ0n) is 14.2. The van der Waals surface area contributed by atoms with E-state index in [-0.39, 0.29) is 16.6 Å². The lowest BCUT2D eigenvalue weighted by atomic mass is 10.2. The summed E-state index contributed by atoms with van der Waals surface area (Å²) in [4.78, 5) is 11.9. The second-order valence-electron chi connectivity index (χ2n) is 7.17. The van der Waals surface area contributed by atoms with Gasteiger partial charge in [0.15, 0.2) is 5.82 Å². The van der Waals surface area contributed by atoms with Gasteiger partial charge in [0.1, 0.15) is 5.82 Å². The fraction of sp³-hybridized carbons (Fsp3) is 0.529. The van der Waals surface area contributed by atoms with E-state index in [1.165, 1.54) is 0 Å². The second-order valence-corrected chi connectivity index (χ2v) is 9.07. The quantitative estimate of drug-likeness (QED) is 0.577. The first kappa shape index (κ1) is 17.4. The molecule has 1 aromatic heterocycles. The number of nitrogens with two attached hydrogens (primary N) is 1. The Morgan fingerprint density at radius 3 is 2.62 bits per heavy atom. The third kappa shape index (κ3) is 3.80. The van der Waals surface area contributed by atoms with Gasteiger partial charge >= 0.3 is 0 Å². The predicted molar refractivity (Wildman–Crippen MR) is 97.1 cm³/mol. The number of anilines is 1. The highest BCUT2D eigenvalue weighted by atomic mass is 32.2. The van der Waals surface area contributed by atoms with E-state index in [1.807, 2.05) is 12.1 Å². The second kappa shape index (κ2) is 6.48. The van der Waals surface area contributed by atoms with E-state index < -0.39 is 6.29 Å². The fourth-order valence-electron chi connectivity index (χ4n) is 2.86. The van der Waals surface area contributed by atoms with E-state index in [9.17, 15) is 10.2 Å². The van der Waals surface area contributed by atoms with Crippen molar-refractivity contribution in [3.8, 4) is 0 Å². The van der Waals surface area contributed by atoms with Crippen LogP contribution in [0, 0.1) is 0 Å². The SMILES string of the molecule is CC(C)(C)Sc1ccc2c(N3CC[C@@H](N)C3)nc(C(O)O)nc2c1. The average Bonchev–Trinajstić information content (AvgIpc) is 2.90. The fourth-order valence-corrected chi connectivity index (χ4v) is 3.88. The number of hydrogen-bond donors (Lipinski definition) is 3. The van der Waals surface area contributed by atoms with Crippen LogP contribution < -0.4 is 10.6 Å². The number of aliphatic hydroxyl groups excluding tert-OH is 1. The summed E-state index contributed by atoms with van der Waals surface area (Å²) in [5, 5.41) is 20.0. The van der Waals surface area contributed by atoms with Crippen LogP contribution in [0.25, 0.3) is 10.9 Å². The van der Waals surface area contributed by atoms with Crippen molar-refractivity contribution >= 4 is 28.5 Å². The lowest BCUT2D eigenvalue weighted by Crippen LogP contribution is -2.27. The van der Waals surface area contributed by atoms with E-state index in [4.69, 9.17) is 5.73 Å². The summed E-state index contributed by atoms with van der Waals surface area (Å²) in [6, 6.07) is 6.18. The van der Waals surface area contributed by atoms with E-state index in [2.05, 4.69) is 41.7 Å². The van der Waals surface area contributed by atoms with Gasteiger partial charge in [0.2, 0.25) is 6.29 Å². The number of nitrogens with zero attached hydrogens (tertiary/aromatic N) is 3. The third-order valence-corrected chi connectivity index (χ3v) is 4.95. The molecule has 1 aliphatic heterocycles. The highest BCUT2D eigenvalue weighted by molar-refractivity contribution is 8.00. The minimum Gasteiger partial charge on any atom is -0.362 e. The highest BCUT2D eigenvalue weighted by Gasteiger charge is 2.24. The molecule has 4 N–H and O–H groups in total. The van der Waals surface area contributed by atoms with Crippen LogP contribution in [0.1, 0.15) is 39.3 Å². The van der Waals surface area contributed by atoms with Crippen molar-refractivity contribution < 1.29 is 10.2 Å². The molecule has 6 nitrogen and oxygen atoms in total. The molecule has 1 fully saturated rings. The van der Waals surface area contributed by atoms with Crippen molar-refractivity contribution in [3.05, 3.63) is 24.0 Å². The number of rotatable bonds is 3. The number of aliphatic hydroxyl groups is 2. The Morgan fingerprint density at radius 2 is 2.04 bits per heavy atom. The van der Waals surface area contributed by atoms with Gasteiger partial charge in [-0.15, -0.1) is 11.8 Å². The van der Waals surface area contributed by atoms with Gasteiger partial charge in [-0.25, -0.2) is 9.97 Å². The zero-order valence-corrected chi connectivity index (χ0v) is 15.0. The molecule has 0 amide bonds. The number of benzene rings is 1. The molecule has 2 aromatic rings. The smallest absolute Gasteiger partial charge is 0.214 e. The Bertz CT molecular complexity index is 745. The van der Waals surface area contributed by atoms with Crippen LogP contribution in [0.5, 0.6) is 0 Å². The molecular formula is C17H24N4O2S. The van der Waals surface area contributed by atoms with Crippen molar-refractivity contribution in [1.82, 2.24) is 9.97 Å². The van der Waals surface area contributed by atoms with E-state index in [0.29, 0.717) is 6.54 Å². The van der Waals surface area contributed by atoms with Gasteiger partial charge in [-0.05, 0) is 24.6 Å². The topological polar surface area (TPSA) is 95.5 Å². The van der Waals surface area contributed by atoms with Gasteiger partial charge in [0.25, 0.3) is 0 Å². The summed E-state index contributed by atoms with van der Waals surface area (Å²) in [6.07, 6.45) is -0.788. The first-order valence-corrected chi connectivity index (χ1v) is 8.92. The lowest BCUT2D eigenvalue weighted by molar-refractivity contribution is -0.0491. The molecule has 7 heteroatoms. The Morgan fingerprint density at radius 1 is 1.29 bits per heavy atom. The van der Waals surface area contributed by atoms with Crippen LogP contribution in [0.2, 0.25) is 0 Å². The molecule has 0 bridgehead atoms. The summed E-state index contributed by atoms with van der Waals surface area (Å²) < 4.78 is 0.0879. The molecular weight excluding hydrogens is 324 g/mol. The summed E-state index contributed by atoms with van der Waals surface area (Å²) >= 11 is 1.75. The number of aromatic nitrogens is 2. The molecule has 1 saturated heterocycles. The number of thioether (sulfide) groups is 1. The summed E-state index contributed by atoms with van der Waals surface area (Å²) in [5.74, 6) is 0.749. The minimum atomic E-state index is -1.69. The predicted octanol–water partition coefficient (Wildman–Crippen LogP) is 2.04. The van der Waals surface area contributed by atoms with Crippen LogP contribution in [0.15, 0.2) is 23.1 Å². The van der Waals surface area contributed by atoms with Gasteiger partial charge in [-0.1, -0.05) is 20.8 Å². The average molecular weight is 348 g/mol. The lowest BCUT2D eigenvalue weighted by Gasteiger charge is -2.21. The summed E-state index contributed by atoms with van der Waals surface area (Å²) in [6.45, 7) is 7.99. The van der Waals surface area contributed by atoms with Crippen molar-refractivity contribution in [3.63, 3.8) is 0 Å². The van der Waals surface area contributed by atoms with Gasteiger partial charge in [-0.3, -0.25) is 0 Å². The molecule has 24 heavy (non-hydrogen) atoms. The van der Waals surface area contributed by atoms with Gasteiger partial charge in [-0.2, -0.15) is 0 Å². The zero-order chi connectivity index (χ0) is 17.5. The molecule has 0 unspecified atom stereocenters. The van der Waals surface area contributed by atoms with Crippen molar-refractivity contribution in [1.29, 1.82) is 0 Å². The Hall–Kier alpha value is -1.41. The molecule has 3 rings (SSSR count). The molecule has 1 aliphatic rings. The minimum absolute atomic E-state index is 0.0240.